The second-order valence-electron chi connectivity index (χ2n) is 3.95. The largest absolute Gasteiger partial charge is 0.481 e. The highest BCUT2D eigenvalue weighted by Crippen LogP contribution is 2.20. The average molecular weight is 271 g/mol. The van der Waals surface area contributed by atoms with Crippen molar-refractivity contribution in [3.05, 3.63) is 0 Å². The number of aromatic nitrogens is 3. The number of carbonyl (C=O) groups is 2. The number of amides is 1. The van der Waals surface area contributed by atoms with Crippen molar-refractivity contribution >= 4 is 29.6 Å². The zero-order valence-electron chi connectivity index (χ0n) is 9.50. The summed E-state index contributed by atoms with van der Waals surface area (Å²) in [6.45, 7) is 0.0112. The van der Waals surface area contributed by atoms with Gasteiger partial charge < -0.3 is 16.2 Å². The van der Waals surface area contributed by atoms with E-state index in [1.165, 1.54) is 4.57 Å². The van der Waals surface area contributed by atoms with Gasteiger partial charge >= 0.3 is 5.97 Å². The highest BCUT2D eigenvalue weighted by Gasteiger charge is 2.24. The van der Waals surface area contributed by atoms with E-state index < -0.39 is 5.97 Å². The van der Waals surface area contributed by atoms with Crippen molar-refractivity contribution in [3.8, 4) is 0 Å². The van der Waals surface area contributed by atoms with Gasteiger partial charge in [-0.25, -0.2) is 0 Å². The van der Waals surface area contributed by atoms with Crippen molar-refractivity contribution in [1.29, 1.82) is 0 Å². The van der Waals surface area contributed by atoms with Gasteiger partial charge in [0.25, 0.3) is 0 Å². The second kappa shape index (κ2) is 5.25. The third-order valence-electron chi connectivity index (χ3n) is 2.31. The Hall–Kier alpha value is -1.77. The van der Waals surface area contributed by atoms with Crippen molar-refractivity contribution in [2.24, 2.45) is 0 Å². The molecule has 0 spiro atoms. The normalized spacial score (nSPS) is 14.4. The van der Waals surface area contributed by atoms with Crippen LogP contribution in [-0.4, -0.2) is 43.5 Å². The Balaban J connectivity index is 1.98. The number of anilines is 1. The molecule has 0 bridgehead atoms. The van der Waals surface area contributed by atoms with Crippen LogP contribution in [-0.2, 0) is 16.1 Å². The fourth-order valence-electron chi connectivity index (χ4n) is 1.33. The number of carboxylic acid groups (broad SMARTS) is 1. The fraction of sp³-hybridized carbons (Fsp3) is 0.556. The summed E-state index contributed by atoms with van der Waals surface area (Å²) in [6.07, 6.45) is 2.01. The molecule has 0 saturated heterocycles. The van der Waals surface area contributed by atoms with E-state index in [4.69, 9.17) is 10.8 Å². The lowest BCUT2D eigenvalue weighted by atomic mass is 10.5. The number of rotatable bonds is 6. The quantitative estimate of drug-likeness (QED) is 0.585. The van der Waals surface area contributed by atoms with E-state index in [-0.39, 0.29) is 30.2 Å². The van der Waals surface area contributed by atoms with Gasteiger partial charge in [-0.1, -0.05) is 11.8 Å². The molecule has 2 rings (SSSR count). The Labute approximate surface area is 107 Å². The van der Waals surface area contributed by atoms with Gasteiger partial charge in [0.05, 0.1) is 5.75 Å². The number of nitrogens with two attached hydrogens (primary N) is 1. The molecule has 1 aliphatic rings. The van der Waals surface area contributed by atoms with Gasteiger partial charge in [-0.05, 0) is 12.8 Å². The zero-order chi connectivity index (χ0) is 13.1. The monoisotopic (exact) mass is 271 g/mol. The topological polar surface area (TPSA) is 123 Å². The summed E-state index contributed by atoms with van der Waals surface area (Å²) in [5.41, 5.74) is 5.59. The predicted molar refractivity (Wildman–Crippen MR) is 64.0 cm³/mol. The van der Waals surface area contributed by atoms with Crippen molar-refractivity contribution < 1.29 is 14.7 Å². The molecule has 1 aromatic heterocycles. The Bertz CT molecular complexity index is 471. The number of nitrogen functional groups attached to an aromatic ring is 1. The van der Waals surface area contributed by atoms with Gasteiger partial charge in [-0.2, -0.15) is 0 Å². The maximum Gasteiger partial charge on any atom is 0.313 e. The van der Waals surface area contributed by atoms with E-state index in [0.29, 0.717) is 5.16 Å². The number of aliphatic carboxylic acids is 1. The fourth-order valence-corrected chi connectivity index (χ4v) is 1.99. The minimum Gasteiger partial charge on any atom is -0.481 e. The number of nitrogens with one attached hydrogen (secondary N) is 1. The molecule has 0 radical (unpaired) electrons. The van der Waals surface area contributed by atoms with Crippen molar-refractivity contribution in [2.45, 2.75) is 30.6 Å². The van der Waals surface area contributed by atoms with Crippen molar-refractivity contribution in [3.63, 3.8) is 0 Å². The maximum atomic E-state index is 11.6. The number of carboxylic acids is 1. The van der Waals surface area contributed by atoms with E-state index in [1.807, 2.05) is 0 Å². The Kier molecular flexibility index (Phi) is 3.70. The molecule has 1 aromatic rings. The van der Waals surface area contributed by atoms with Crippen LogP contribution in [0.1, 0.15) is 12.8 Å². The van der Waals surface area contributed by atoms with Crippen molar-refractivity contribution in [2.75, 3.05) is 11.5 Å². The molecule has 18 heavy (non-hydrogen) atoms. The molecule has 0 aliphatic heterocycles. The van der Waals surface area contributed by atoms with Crippen LogP contribution >= 0.6 is 11.8 Å². The molecule has 98 valence electrons. The number of hydrogen-bond donors (Lipinski definition) is 3. The number of thioether (sulfide) groups is 1. The van der Waals surface area contributed by atoms with Crippen LogP contribution in [0.5, 0.6) is 0 Å². The SMILES string of the molecule is Nc1nnc(SCC(=O)O)n1CC(=O)NC1CC1. The lowest BCUT2D eigenvalue weighted by molar-refractivity contribution is -0.133. The highest BCUT2D eigenvalue weighted by molar-refractivity contribution is 7.99. The molecule has 0 aromatic carbocycles. The van der Waals surface area contributed by atoms with Gasteiger partial charge in [0.1, 0.15) is 6.54 Å². The Morgan fingerprint density at radius 3 is 2.83 bits per heavy atom. The van der Waals surface area contributed by atoms with E-state index >= 15 is 0 Å². The molecule has 1 heterocycles. The molecule has 1 aliphatic carbocycles. The number of hydrogen-bond acceptors (Lipinski definition) is 6. The van der Waals surface area contributed by atoms with Gasteiger partial charge in [-0.15, -0.1) is 10.2 Å². The van der Waals surface area contributed by atoms with Crippen LogP contribution in [0.2, 0.25) is 0 Å². The molecular weight excluding hydrogens is 258 g/mol. The van der Waals surface area contributed by atoms with Crippen LogP contribution in [0.4, 0.5) is 5.95 Å². The summed E-state index contributed by atoms with van der Waals surface area (Å²) in [6, 6.07) is 0.269. The molecule has 9 heteroatoms. The zero-order valence-corrected chi connectivity index (χ0v) is 10.3. The van der Waals surface area contributed by atoms with Crippen LogP contribution in [0.3, 0.4) is 0 Å². The molecular formula is C9H13N5O3S. The first-order chi connectivity index (χ1) is 8.56. The first-order valence-electron chi connectivity index (χ1n) is 5.39. The Morgan fingerprint density at radius 1 is 1.50 bits per heavy atom. The average Bonchev–Trinajstić information content (AvgIpc) is 3.03. The van der Waals surface area contributed by atoms with Crippen LogP contribution in [0.15, 0.2) is 5.16 Å². The van der Waals surface area contributed by atoms with Crippen LogP contribution in [0.25, 0.3) is 0 Å². The summed E-state index contributed by atoms with van der Waals surface area (Å²) in [4.78, 5) is 22.1. The lowest BCUT2D eigenvalue weighted by Crippen LogP contribution is -2.30. The minimum absolute atomic E-state index is 0.0112. The third kappa shape index (κ3) is 3.36. The van der Waals surface area contributed by atoms with E-state index in [2.05, 4.69) is 15.5 Å². The molecule has 4 N–H and O–H groups in total. The molecule has 8 nitrogen and oxygen atoms in total. The van der Waals surface area contributed by atoms with E-state index in [1.54, 1.807) is 0 Å². The predicted octanol–water partition coefficient (Wildman–Crippen LogP) is -0.684. The van der Waals surface area contributed by atoms with Crippen molar-refractivity contribution in [1.82, 2.24) is 20.1 Å². The second-order valence-corrected chi connectivity index (χ2v) is 4.89. The van der Waals surface area contributed by atoms with Gasteiger partial charge in [0.2, 0.25) is 11.9 Å². The van der Waals surface area contributed by atoms with Gasteiger partial charge in [-0.3, -0.25) is 14.2 Å². The first kappa shape index (κ1) is 12.7. The summed E-state index contributed by atoms with van der Waals surface area (Å²) < 4.78 is 1.41. The molecule has 0 atom stereocenters. The molecule has 1 amide bonds. The summed E-state index contributed by atoms with van der Waals surface area (Å²) >= 11 is 0.982. The standard InChI is InChI=1S/C9H13N5O3S/c10-8-12-13-9(18-4-7(16)17)14(8)3-6(15)11-5-1-2-5/h5H,1-4H2,(H2,10,12)(H,11,15)(H,16,17). The van der Waals surface area contributed by atoms with Gasteiger partial charge in [0, 0.05) is 6.04 Å². The number of carbonyl (C=O) groups excluding carboxylic acids is 1. The summed E-state index contributed by atoms with van der Waals surface area (Å²) in [7, 11) is 0. The summed E-state index contributed by atoms with van der Waals surface area (Å²) in [5, 5.41) is 19.1. The molecule has 1 fully saturated rings. The maximum absolute atomic E-state index is 11.6. The van der Waals surface area contributed by atoms with E-state index in [0.717, 1.165) is 24.6 Å². The van der Waals surface area contributed by atoms with Crippen LogP contribution in [0, 0.1) is 0 Å². The molecule has 0 unspecified atom stereocenters. The first-order valence-corrected chi connectivity index (χ1v) is 6.37. The minimum atomic E-state index is -0.962. The van der Waals surface area contributed by atoms with E-state index in [9.17, 15) is 9.59 Å². The third-order valence-corrected chi connectivity index (χ3v) is 3.27. The lowest BCUT2D eigenvalue weighted by Gasteiger charge is -2.07. The molecule has 1 saturated carbocycles. The van der Waals surface area contributed by atoms with Crippen LogP contribution < -0.4 is 11.1 Å². The Morgan fingerprint density at radius 2 is 2.22 bits per heavy atom. The smallest absolute Gasteiger partial charge is 0.313 e. The number of nitrogens with zero attached hydrogens (tertiary/aromatic N) is 3. The summed E-state index contributed by atoms with van der Waals surface area (Å²) in [5.74, 6) is -1.17. The van der Waals surface area contributed by atoms with Gasteiger partial charge in [0.15, 0.2) is 5.16 Å². The highest BCUT2D eigenvalue weighted by atomic mass is 32.2.